The van der Waals surface area contributed by atoms with Crippen LogP contribution in [0.5, 0.6) is 11.5 Å². The number of benzene rings is 3. The van der Waals surface area contributed by atoms with E-state index in [2.05, 4.69) is 0 Å². The molecule has 0 bridgehead atoms. The van der Waals surface area contributed by atoms with E-state index in [1.54, 1.807) is 4.90 Å². The minimum atomic E-state index is -0.699. The minimum Gasteiger partial charge on any atom is -0.493 e. The summed E-state index contributed by atoms with van der Waals surface area (Å²) in [7, 11) is 0. The Kier molecular flexibility index (Phi) is 8.73. The third-order valence-corrected chi connectivity index (χ3v) is 6.06. The molecule has 8 heteroatoms. The van der Waals surface area contributed by atoms with Crippen molar-refractivity contribution in [3.63, 3.8) is 0 Å². The number of halogens is 2. The van der Waals surface area contributed by atoms with Crippen LogP contribution in [0.2, 0.25) is 0 Å². The Morgan fingerprint density at radius 2 is 1.72 bits per heavy atom. The lowest BCUT2D eigenvalue weighted by Crippen LogP contribution is -2.45. The van der Waals surface area contributed by atoms with Gasteiger partial charge in [0.25, 0.3) is 0 Å². The summed E-state index contributed by atoms with van der Waals surface area (Å²) in [5.74, 6) is -0.709. The van der Waals surface area contributed by atoms with Crippen LogP contribution in [0.25, 0.3) is 0 Å². The molecule has 3 aromatic carbocycles. The molecule has 1 aliphatic rings. The summed E-state index contributed by atoms with van der Waals surface area (Å²) < 4.78 is 43.1. The molecule has 190 valence electrons. The van der Waals surface area contributed by atoms with Gasteiger partial charge in [0.05, 0.1) is 25.9 Å². The maximum Gasteiger partial charge on any atom is 0.410 e. The Labute approximate surface area is 209 Å². The van der Waals surface area contributed by atoms with Gasteiger partial charge in [0, 0.05) is 24.9 Å². The number of ether oxygens (including phenoxy) is 3. The molecule has 1 heterocycles. The van der Waals surface area contributed by atoms with Gasteiger partial charge in [0.15, 0.2) is 11.6 Å². The van der Waals surface area contributed by atoms with Crippen molar-refractivity contribution in [3.8, 4) is 11.5 Å². The van der Waals surface area contributed by atoms with Crippen LogP contribution in [0.1, 0.15) is 29.9 Å². The molecule has 1 aliphatic heterocycles. The van der Waals surface area contributed by atoms with Crippen molar-refractivity contribution >= 4 is 6.09 Å². The van der Waals surface area contributed by atoms with Crippen LogP contribution in [0.15, 0.2) is 72.8 Å². The summed E-state index contributed by atoms with van der Waals surface area (Å²) in [6.07, 6.45) is -0.00947. The molecule has 36 heavy (non-hydrogen) atoms. The number of aliphatic hydroxyl groups excluding tert-OH is 1. The van der Waals surface area contributed by atoms with Crippen molar-refractivity contribution in [2.75, 3.05) is 26.3 Å². The summed E-state index contributed by atoms with van der Waals surface area (Å²) in [4.78, 5) is 13.9. The number of aliphatic hydroxyl groups is 1. The molecule has 1 fully saturated rings. The fraction of sp³-hybridized carbons (Fsp3) is 0.321. The first-order valence-corrected chi connectivity index (χ1v) is 11.9. The van der Waals surface area contributed by atoms with Crippen LogP contribution in [-0.2, 0) is 11.3 Å². The molecule has 1 N–H and O–H groups in total. The van der Waals surface area contributed by atoms with Crippen molar-refractivity contribution in [2.45, 2.75) is 31.5 Å². The number of piperidine rings is 1. The molecule has 0 aliphatic carbocycles. The highest BCUT2D eigenvalue weighted by molar-refractivity contribution is 5.68. The van der Waals surface area contributed by atoms with Gasteiger partial charge in [0.2, 0.25) is 0 Å². The van der Waals surface area contributed by atoms with Gasteiger partial charge in [-0.05, 0) is 41.8 Å². The number of hydrogen-bond donors (Lipinski definition) is 1. The monoisotopic (exact) mass is 497 g/mol. The van der Waals surface area contributed by atoms with Gasteiger partial charge >= 0.3 is 6.09 Å². The first kappa shape index (κ1) is 25.4. The zero-order valence-electron chi connectivity index (χ0n) is 19.8. The number of likely N-dealkylation sites (tertiary alicyclic amines) is 1. The van der Waals surface area contributed by atoms with E-state index in [1.807, 2.05) is 54.6 Å². The Balaban J connectivity index is 1.18. The summed E-state index contributed by atoms with van der Waals surface area (Å²) in [6, 6.07) is 20.0. The molecule has 0 aromatic heterocycles. The summed E-state index contributed by atoms with van der Waals surface area (Å²) in [6.45, 7) is 1.45. The lowest BCUT2D eigenvalue weighted by atomic mass is 9.87. The van der Waals surface area contributed by atoms with E-state index in [0.29, 0.717) is 31.7 Å². The van der Waals surface area contributed by atoms with Gasteiger partial charge in [-0.25, -0.2) is 13.6 Å². The molecule has 0 radical (unpaired) electrons. The van der Waals surface area contributed by atoms with Gasteiger partial charge in [-0.3, -0.25) is 0 Å². The summed E-state index contributed by atoms with van der Waals surface area (Å²) >= 11 is 0. The molecular weight excluding hydrogens is 468 g/mol. The zero-order valence-corrected chi connectivity index (χ0v) is 19.8. The Bertz CT molecular complexity index is 1130. The van der Waals surface area contributed by atoms with Crippen LogP contribution in [-0.4, -0.2) is 48.5 Å². The zero-order chi connectivity index (χ0) is 25.3. The summed E-state index contributed by atoms with van der Waals surface area (Å²) in [5, 5.41) is 10.7. The fourth-order valence-corrected chi connectivity index (χ4v) is 4.13. The average Bonchev–Trinajstić information content (AvgIpc) is 2.90. The van der Waals surface area contributed by atoms with Crippen LogP contribution in [0.4, 0.5) is 13.6 Å². The molecule has 3 aromatic rings. The summed E-state index contributed by atoms with van der Waals surface area (Å²) in [5.41, 5.74) is 1.88. The number of amides is 1. The second-order valence-corrected chi connectivity index (χ2v) is 8.64. The second kappa shape index (κ2) is 12.4. The molecule has 1 saturated heterocycles. The normalized spacial score (nSPS) is 17.5. The lowest BCUT2D eigenvalue weighted by molar-refractivity contribution is 0.0344. The highest BCUT2D eigenvalue weighted by atomic mass is 19.1. The third-order valence-electron chi connectivity index (χ3n) is 6.06. The van der Waals surface area contributed by atoms with Crippen LogP contribution >= 0.6 is 0 Å². The van der Waals surface area contributed by atoms with Crippen molar-refractivity contribution in [2.24, 2.45) is 0 Å². The smallest absolute Gasteiger partial charge is 0.410 e. The number of nitrogens with zero attached hydrogens (tertiary/aromatic N) is 1. The van der Waals surface area contributed by atoms with Gasteiger partial charge in [0.1, 0.15) is 18.2 Å². The van der Waals surface area contributed by atoms with Crippen molar-refractivity contribution in [3.05, 3.63) is 95.6 Å². The van der Waals surface area contributed by atoms with E-state index in [4.69, 9.17) is 14.2 Å². The maximum atomic E-state index is 13.6. The molecule has 2 unspecified atom stereocenters. The largest absolute Gasteiger partial charge is 0.493 e. The van der Waals surface area contributed by atoms with E-state index in [1.165, 1.54) is 0 Å². The Morgan fingerprint density at radius 3 is 2.47 bits per heavy atom. The number of rotatable bonds is 9. The number of hydrogen-bond acceptors (Lipinski definition) is 5. The second-order valence-electron chi connectivity index (χ2n) is 8.64. The molecule has 4 rings (SSSR count). The lowest BCUT2D eigenvalue weighted by Gasteiger charge is -2.35. The molecule has 0 spiro atoms. The SMILES string of the molecule is O=C(OCc1ccccc1)N1CCC(c2ccc(OCCCOc3cc(F)ccc3F)cc2)C(O)C1. The standard InChI is InChI=1S/C28H29F2NO5/c29-22-9-12-25(30)27(17-22)35-16-4-15-34-23-10-7-21(8-11-23)24-13-14-31(18-26(24)32)28(33)36-19-20-5-2-1-3-6-20/h1-3,5-12,17,24,26,32H,4,13-16,18-19H2. The van der Waals surface area contributed by atoms with Crippen LogP contribution < -0.4 is 9.47 Å². The molecule has 6 nitrogen and oxygen atoms in total. The molecule has 0 saturated carbocycles. The fourth-order valence-electron chi connectivity index (χ4n) is 4.13. The van der Waals surface area contributed by atoms with Crippen LogP contribution in [0.3, 0.4) is 0 Å². The quantitative estimate of drug-likeness (QED) is 0.407. The number of β-amino-alcohol motifs (C(OH)–C–C–N with tert-alkyl or cyclic N) is 1. The van der Waals surface area contributed by atoms with E-state index < -0.39 is 23.8 Å². The molecular formula is C28H29F2NO5. The predicted octanol–water partition coefficient (Wildman–Crippen LogP) is 5.30. The van der Waals surface area contributed by atoms with E-state index in [0.717, 1.165) is 29.3 Å². The van der Waals surface area contributed by atoms with Crippen molar-refractivity contribution in [1.29, 1.82) is 0 Å². The molecule has 2 atom stereocenters. The van der Waals surface area contributed by atoms with Crippen molar-refractivity contribution < 1.29 is 32.9 Å². The molecule has 1 amide bonds. The minimum absolute atomic E-state index is 0.0909. The first-order chi connectivity index (χ1) is 17.5. The highest BCUT2D eigenvalue weighted by Crippen LogP contribution is 2.30. The van der Waals surface area contributed by atoms with E-state index in [-0.39, 0.29) is 31.4 Å². The van der Waals surface area contributed by atoms with Crippen LogP contribution in [0, 0.1) is 11.6 Å². The Morgan fingerprint density at radius 1 is 0.972 bits per heavy atom. The van der Waals surface area contributed by atoms with Gasteiger partial charge in [-0.1, -0.05) is 42.5 Å². The van der Waals surface area contributed by atoms with E-state index in [9.17, 15) is 18.7 Å². The highest BCUT2D eigenvalue weighted by Gasteiger charge is 2.31. The first-order valence-electron chi connectivity index (χ1n) is 11.9. The van der Waals surface area contributed by atoms with Crippen molar-refractivity contribution in [1.82, 2.24) is 4.90 Å². The average molecular weight is 498 g/mol. The van der Waals surface area contributed by atoms with Gasteiger partial charge in [-0.2, -0.15) is 0 Å². The number of carbonyl (C=O) groups excluding carboxylic acids is 1. The van der Waals surface area contributed by atoms with Gasteiger partial charge in [-0.15, -0.1) is 0 Å². The predicted molar refractivity (Wildman–Crippen MR) is 130 cm³/mol. The maximum absolute atomic E-state index is 13.6. The van der Waals surface area contributed by atoms with Gasteiger partial charge < -0.3 is 24.2 Å². The third kappa shape index (κ3) is 6.95. The topological polar surface area (TPSA) is 68.2 Å². The Hall–Kier alpha value is -3.65. The number of carbonyl (C=O) groups is 1. The van der Waals surface area contributed by atoms with E-state index >= 15 is 0 Å².